The van der Waals surface area contributed by atoms with Crippen molar-refractivity contribution in [1.82, 2.24) is 19.3 Å². The van der Waals surface area contributed by atoms with Gasteiger partial charge in [-0.25, -0.2) is 14.1 Å². The van der Waals surface area contributed by atoms with Crippen LogP contribution in [0.15, 0.2) is 18.2 Å². The highest BCUT2D eigenvalue weighted by Crippen LogP contribution is 2.28. The van der Waals surface area contributed by atoms with E-state index in [1.807, 2.05) is 13.8 Å². The molecule has 4 nitrogen and oxygen atoms in total. The zero-order chi connectivity index (χ0) is 15.1. The number of benzene rings is 1. The molecule has 0 aliphatic rings. The van der Waals surface area contributed by atoms with E-state index in [1.165, 1.54) is 6.07 Å². The first-order chi connectivity index (χ1) is 10.1. The fourth-order valence-electron chi connectivity index (χ4n) is 2.44. The van der Waals surface area contributed by atoms with Gasteiger partial charge in [0.05, 0.1) is 22.3 Å². The Morgan fingerprint density at radius 1 is 1.33 bits per heavy atom. The Morgan fingerprint density at radius 2 is 2.10 bits per heavy atom. The minimum Gasteiger partial charge on any atom is -0.277 e. The summed E-state index contributed by atoms with van der Waals surface area (Å²) < 4.78 is 17.9. The standard InChI is InChI=1S/C14H13Cl2FN4/c1-3-20-14-13(8(2)19-20)18-11(7-15)21(14)10-6-4-5-9(16)12(10)17/h4-6H,3,7H2,1-2H3. The van der Waals surface area contributed by atoms with Crippen LogP contribution in [0.1, 0.15) is 18.4 Å². The van der Waals surface area contributed by atoms with Gasteiger partial charge in [0.2, 0.25) is 0 Å². The predicted octanol–water partition coefficient (Wildman–Crippen LogP) is 4.08. The molecule has 21 heavy (non-hydrogen) atoms. The lowest BCUT2D eigenvalue weighted by Crippen LogP contribution is -2.08. The summed E-state index contributed by atoms with van der Waals surface area (Å²) in [7, 11) is 0. The van der Waals surface area contributed by atoms with Crippen molar-refractivity contribution in [2.24, 2.45) is 0 Å². The maximum absolute atomic E-state index is 14.4. The van der Waals surface area contributed by atoms with Crippen LogP contribution < -0.4 is 0 Å². The van der Waals surface area contributed by atoms with Crippen LogP contribution in [0, 0.1) is 12.7 Å². The SMILES string of the molecule is CCn1nc(C)c2nc(CCl)n(-c3cccc(Cl)c3F)c21. The van der Waals surface area contributed by atoms with Crippen molar-refractivity contribution in [3.8, 4) is 5.69 Å². The highest BCUT2D eigenvalue weighted by Gasteiger charge is 2.21. The van der Waals surface area contributed by atoms with Crippen molar-refractivity contribution in [3.05, 3.63) is 40.6 Å². The molecule has 0 aliphatic carbocycles. The maximum atomic E-state index is 14.4. The van der Waals surface area contributed by atoms with Gasteiger partial charge in [-0.2, -0.15) is 5.10 Å². The first-order valence-corrected chi connectivity index (χ1v) is 7.44. The van der Waals surface area contributed by atoms with Crippen LogP contribution in [-0.4, -0.2) is 19.3 Å². The molecule has 0 N–H and O–H groups in total. The molecule has 7 heteroatoms. The van der Waals surface area contributed by atoms with Gasteiger partial charge in [0.25, 0.3) is 0 Å². The first kappa shape index (κ1) is 14.4. The molecule has 0 fully saturated rings. The molecule has 0 spiro atoms. The number of halogens is 3. The second-order valence-corrected chi connectivity index (χ2v) is 5.32. The molecule has 0 saturated heterocycles. The van der Waals surface area contributed by atoms with E-state index < -0.39 is 5.82 Å². The average Bonchev–Trinajstić information content (AvgIpc) is 3.00. The molecule has 2 heterocycles. The molecule has 0 unspecified atom stereocenters. The van der Waals surface area contributed by atoms with Crippen molar-refractivity contribution < 1.29 is 4.39 Å². The molecule has 1 aromatic carbocycles. The van der Waals surface area contributed by atoms with Crippen molar-refractivity contribution >= 4 is 34.4 Å². The van der Waals surface area contributed by atoms with Gasteiger partial charge < -0.3 is 0 Å². The molecule has 0 amide bonds. The van der Waals surface area contributed by atoms with E-state index in [1.54, 1.807) is 21.4 Å². The van der Waals surface area contributed by atoms with Crippen LogP contribution >= 0.6 is 23.2 Å². The third-order valence-corrected chi connectivity index (χ3v) is 3.90. The molecule has 110 valence electrons. The summed E-state index contributed by atoms with van der Waals surface area (Å²) in [6.07, 6.45) is 0. The Morgan fingerprint density at radius 3 is 2.76 bits per heavy atom. The summed E-state index contributed by atoms with van der Waals surface area (Å²) in [5, 5.41) is 4.48. The minimum atomic E-state index is -0.494. The molecule has 0 saturated carbocycles. The molecule has 0 aliphatic heterocycles. The third kappa shape index (κ3) is 2.12. The number of aromatic nitrogens is 4. The fraction of sp³-hybridized carbons (Fsp3) is 0.286. The summed E-state index contributed by atoms with van der Waals surface area (Å²) in [6.45, 7) is 4.50. The Bertz CT molecular complexity index is 822. The van der Waals surface area contributed by atoms with Crippen LogP contribution in [0.25, 0.3) is 16.9 Å². The Labute approximate surface area is 131 Å². The highest BCUT2D eigenvalue weighted by molar-refractivity contribution is 6.30. The summed E-state index contributed by atoms with van der Waals surface area (Å²) in [5.41, 5.74) is 2.58. The van der Waals surface area contributed by atoms with Gasteiger partial charge in [-0.15, -0.1) is 11.6 Å². The molecular weight excluding hydrogens is 314 g/mol. The molecular formula is C14H13Cl2FN4. The average molecular weight is 327 g/mol. The van der Waals surface area contributed by atoms with Crippen LogP contribution in [0.2, 0.25) is 5.02 Å². The number of alkyl halides is 1. The fourth-order valence-corrected chi connectivity index (χ4v) is 2.79. The van der Waals surface area contributed by atoms with Gasteiger partial charge in [0.1, 0.15) is 11.3 Å². The third-order valence-electron chi connectivity index (χ3n) is 3.37. The van der Waals surface area contributed by atoms with Gasteiger partial charge >= 0.3 is 0 Å². The van der Waals surface area contributed by atoms with E-state index in [-0.39, 0.29) is 10.9 Å². The summed E-state index contributed by atoms with van der Waals surface area (Å²) in [4.78, 5) is 4.48. The zero-order valence-corrected chi connectivity index (χ0v) is 13.1. The Kier molecular flexibility index (Phi) is 3.63. The number of hydrogen-bond acceptors (Lipinski definition) is 2. The van der Waals surface area contributed by atoms with Gasteiger partial charge in [-0.05, 0) is 26.0 Å². The lowest BCUT2D eigenvalue weighted by atomic mass is 10.3. The predicted molar refractivity (Wildman–Crippen MR) is 81.8 cm³/mol. The topological polar surface area (TPSA) is 35.6 Å². The largest absolute Gasteiger partial charge is 0.277 e. The van der Waals surface area contributed by atoms with Crippen LogP contribution in [0.4, 0.5) is 4.39 Å². The van der Waals surface area contributed by atoms with Gasteiger partial charge in [-0.3, -0.25) is 4.57 Å². The summed E-state index contributed by atoms with van der Waals surface area (Å²) >= 11 is 11.9. The number of nitrogens with zero attached hydrogens (tertiary/aromatic N) is 4. The molecule has 0 radical (unpaired) electrons. The lowest BCUT2D eigenvalue weighted by Gasteiger charge is -2.10. The number of hydrogen-bond donors (Lipinski definition) is 0. The summed E-state index contributed by atoms with van der Waals surface area (Å²) in [5.74, 6) is 0.242. The van der Waals surface area contributed by atoms with Crippen molar-refractivity contribution in [3.63, 3.8) is 0 Å². The Balaban J connectivity index is 2.42. The van der Waals surface area contributed by atoms with Crippen molar-refractivity contribution in [2.75, 3.05) is 0 Å². The summed E-state index contributed by atoms with van der Waals surface area (Å²) in [6, 6.07) is 4.86. The van der Waals surface area contributed by atoms with Gasteiger partial charge in [0, 0.05) is 6.54 Å². The number of rotatable bonds is 3. The van der Waals surface area contributed by atoms with E-state index >= 15 is 0 Å². The van der Waals surface area contributed by atoms with E-state index in [9.17, 15) is 4.39 Å². The monoisotopic (exact) mass is 326 g/mol. The van der Waals surface area contributed by atoms with Crippen LogP contribution in [-0.2, 0) is 12.4 Å². The molecule has 3 aromatic rings. The van der Waals surface area contributed by atoms with E-state index in [4.69, 9.17) is 23.2 Å². The van der Waals surface area contributed by atoms with E-state index in [0.717, 1.165) is 16.9 Å². The maximum Gasteiger partial charge on any atom is 0.165 e. The zero-order valence-electron chi connectivity index (χ0n) is 11.6. The van der Waals surface area contributed by atoms with Crippen LogP contribution in [0.5, 0.6) is 0 Å². The van der Waals surface area contributed by atoms with Crippen molar-refractivity contribution in [2.45, 2.75) is 26.3 Å². The van der Waals surface area contributed by atoms with Crippen molar-refractivity contribution in [1.29, 1.82) is 0 Å². The number of aryl methyl sites for hydroxylation is 2. The number of fused-ring (bicyclic) bond motifs is 1. The Hall–Kier alpha value is -1.59. The van der Waals surface area contributed by atoms with Gasteiger partial charge in [-0.1, -0.05) is 17.7 Å². The van der Waals surface area contributed by atoms with E-state index in [0.29, 0.717) is 18.1 Å². The molecule has 0 atom stereocenters. The van der Waals surface area contributed by atoms with E-state index in [2.05, 4.69) is 10.1 Å². The first-order valence-electron chi connectivity index (χ1n) is 6.53. The number of imidazole rings is 1. The quantitative estimate of drug-likeness (QED) is 0.680. The van der Waals surface area contributed by atoms with Crippen LogP contribution in [0.3, 0.4) is 0 Å². The lowest BCUT2D eigenvalue weighted by molar-refractivity contribution is 0.612. The van der Waals surface area contributed by atoms with Gasteiger partial charge in [0.15, 0.2) is 11.5 Å². The molecule has 3 rings (SSSR count). The molecule has 2 aromatic heterocycles. The minimum absolute atomic E-state index is 0.0640. The second kappa shape index (κ2) is 5.31. The second-order valence-electron chi connectivity index (χ2n) is 4.64. The molecule has 0 bridgehead atoms. The smallest absolute Gasteiger partial charge is 0.165 e. The normalized spacial score (nSPS) is 11.5. The highest BCUT2D eigenvalue weighted by atomic mass is 35.5.